The Morgan fingerprint density at radius 3 is 2.84 bits per heavy atom. The molecule has 0 saturated carbocycles. The fraction of sp³-hybridized carbons (Fsp3) is 0.538. The van der Waals surface area contributed by atoms with Gasteiger partial charge in [-0.05, 0) is 25.5 Å². The molecule has 4 nitrogen and oxygen atoms in total. The Balaban J connectivity index is 0.00000162. The summed E-state index contributed by atoms with van der Waals surface area (Å²) in [6.45, 7) is 6.53. The summed E-state index contributed by atoms with van der Waals surface area (Å²) < 4.78 is 0. The molecule has 108 valence electrons. The van der Waals surface area contributed by atoms with Crippen LogP contribution in [0.4, 0.5) is 0 Å². The molecule has 2 unspecified atom stereocenters. The Kier molecular flexibility index (Phi) is 7.99. The van der Waals surface area contributed by atoms with E-state index in [1.807, 2.05) is 24.0 Å². The first-order valence-electron chi connectivity index (χ1n) is 6.10. The molecule has 0 bridgehead atoms. The molecule has 2 rings (SSSR count). The number of piperazine rings is 1. The van der Waals surface area contributed by atoms with E-state index in [4.69, 9.17) is 0 Å². The molecule has 0 radical (unpaired) electrons. The molecule has 2 atom stereocenters. The van der Waals surface area contributed by atoms with E-state index in [9.17, 15) is 4.79 Å². The Hall–Kier alpha value is -0.840. The van der Waals surface area contributed by atoms with Gasteiger partial charge in [-0.25, -0.2) is 0 Å². The second-order valence-electron chi connectivity index (χ2n) is 4.65. The standard InChI is InChI=1S/C13H19N3O.2ClH/c1-10-9-16(7-6-15-10)13(17)11(2)12-4-3-5-14-8-12;;/h3-5,8,10-11,15H,6-7,9H2,1-2H3;2*1H. The molecule has 1 saturated heterocycles. The van der Waals surface area contributed by atoms with Crippen molar-refractivity contribution >= 4 is 30.7 Å². The van der Waals surface area contributed by atoms with Crippen LogP contribution < -0.4 is 5.32 Å². The number of carbonyl (C=O) groups is 1. The number of halogens is 2. The van der Waals surface area contributed by atoms with E-state index >= 15 is 0 Å². The number of pyridine rings is 1. The third kappa shape index (κ3) is 4.64. The molecular weight excluding hydrogens is 285 g/mol. The van der Waals surface area contributed by atoms with Crippen LogP contribution in [0.2, 0.25) is 0 Å². The van der Waals surface area contributed by atoms with Crippen LogP contribution in [0.25, 0.3) is 0 Å². The first kappa shape index (κ1) is 18.2. The van der Waals surface area contributed by atoms with Crippen LogP contribution in [-0.2, 0) is 4.79 Å². The van der Waals surface area contributed by atoms with Crippen LogP contribution in [0.1, 0.15) is 25.3 Å². The average Bonchev–Trinajstić information content (AvgIpc) is 2.38. The highest BCUT2D eigenvalue weighted by atomic mass is 35.5. The minimum Gasteiger partial charge on any atom is -0.339 e. The van der Waals surface area contributed by atoms with Crippen molar-refractivity contribution in [3.8, 4) is 0 Å². The van der Waals surface area contributed by atoms with Crippen molar-refractivity contribution in [2.45, 2.75) is 25.8 Å². The van der Waals surface area contributed by atoms with E-state index in [-0.39, 0.29) is 36.6 Å². The van der Waals surface area contributed by atoms with Gasteiger partial charge in [0.1, 0.15) is 0 Å². The summed E-state index contributed by atoms with van der Waals surface area (Å²) in [4.78, 5) is 18.3. The zero-order valence-electron chi connectivity index (χ0n) is 11.2. The average molecular weight is 306 g/mol. The van der Waals surface area contributed by atoms with Gasteiger partial charge in [0, 0.05) is 38.1 Å². The van der Waals surface area contributed by atoms with Crippen LogP contribution in [0.15, 0.2) is 24.5 Å². The Bertz CT molecular complexity index is 389. The van der Waals surface area contributed by atoms with Crippen molar-refractivity contribution in [3.63, 3.8) is 0 Å². The van der Waals surface area contributed by atoms with Crippen molar-refractivity contribution in [2.75, 3.05) is 19.6 Å². The zero-order valence-corrected chi connectivity index (χ0v) is 12.8. The first-order chi connectivity index (χ1) is 8.18. The third-order valence-electron chi connectivity index (χ3n) is 3.24. The summed E-state index contributed by atoms with van der Waals surface area (Å²) in [5.74, 6) is 0.0975. The molecule has 1 aromatic heterocycles. The number of amides is 1. The topological polar surface area (TPSA) is 45.2 Å². The summed E-state index contributed by atoms with van der Waals surface area (Å²) in [5, 5.41) is 3.34. The number of hydrogen-bond donors (Lipinski definition) is 1. The van der Waals surface area contributed by atoms with Gasteiger partial charge in [-0.1, -0.05) is 6.07 Å². The molecule has 1 fully saturated rings. The monoisotopic (exact) mass is 305 g/mol. The van der Waals surface area contributed by atoms with E-state index in [1.54, 1.807) is 12.4 Å². The minimum atomic E-state index is -0.103. The summed E-state index contributed by atoms with van der Waals surface area (Å²) in [6, 6.07) is 4.22. The van der Waals surface area contributed by atoms with Gasteiger partial charge in [0.25, 0.3) is 0 Å². The van der Waals surface area contributed by atoms with Crippen LogP contribution in [0, 0.1) is 0 Å². The quantitative estimate of drug-likeness (QED) is 0.907. The van der Waals surface area contributed by atoms with Crippen molar-refractivity contribution < 1.29 is 4.79 Å². The molecule has 19 heavy (non-hydrogen) atoms. The maximum Gasteiger partial charge on any atom is 0.229 e. The lowest BCUT2D eigenvalue weighted by Gasteiger charge is -2.33. The lowest BCUT2D eigenvalue weighted by Crippen LogP contribution is -2.52. The summed E-state index contributed by atoms with van der Waals surface area (Å²) in [5.41, 5.74) is 0.990. The van der Waals surface area contributed by atoms with Gasteiger partial charge in [0.15, 0.2) is 0 Å². The van der Waals surface area contributed by atoms with Gasteiger partial charge in [0.05, 0.1) is 5.92 Å². The van der Waals surface area contributed by atoms with Crippen LogP contribution in [0.3, 0.4) is 0 Å². The molecule has 0 spiro atoms. The predicted octanol–water partition coefficient (Wildman–Crippen LogP) is 1.85. The van der Waals surface area contributed by atoms with Crippen LogP contribution in [-0.4, -0.2) is 41.5 Å². The highest BCUT2D eigenvalue weighted by Gasteiger charge is 2.25. The van der Waals surface area contributed by atoms with Crippen molar-refractivity contribution in [1.82, 2.24) is 15.2 Å². The highest BCUT2D eigenvalue weighted by molar-refractivity contribution is 5.85. The lowest BCUT2D eigenvalue weighted by atomic mass is 10.0. The number of carbonyl (C=O) groups excluding carboxylic acids is 1. The van der Waals surface area contributed by atoms with Gasteiger partial charge < -0.3 is 10.2 Å². The normalized spacial score (nSPS) is 19.9. The van der Waals surface area contributed by atoms with Crippen molar-refractivity contribution in [2.24, 2.45) is 0 Å². The predicted molar refractivity (Wildman–Crippen MR) is 81.2 cm³/mol. The number of rotatable bonds is 2. The molecule has 6 heteroatoms. The van der Waals surface area contributed by atoms with Gasteiger partial charge in [0.2, 0.25) is 5.91 Å². The zero-order chi connectivity index (χ0) is 12.3. The molecule has 1 aromatic rings. The number of nitrogens with zero attached hydrogens (tertiary/aromatic N) is 2. The maximum atomic E-state index is 12.3. The number of nitrogens with one attached hydrogen (secondary N) is 1. The molecule has 0 aliphatic carbocycles. The molecule has 0 aromatic carbocycles. The molecular formula is C13H21Cl2N3O. The SMILES string of the molecule is CC1CN(C(=O)C(C)c2cccnc2)CCN1.Cl.Cl. The molecule has 1 aliphatic rings. The Morgan fingerprint density at radius 2 is 2.26 bits per heavy atom. The Labute approximate surface area is 126 Å². The molecule has 1 aliphatic heterocycles. The second-order valence-corrected chi connectivity index (χ2v) is 4.65. The molecule has 2 heterocycles. The van der Waals surface area contributed by atoms with Crippen LogP contribution >= 0.6 is 24.8 Å². The largest absolute Gasteiger partial charge is 0.339 e. The van der Waals surface area contributed by atoms with Gasteiger partial charge in [-0.3, -0.25) is 9.78 Å². The van der Waals surface area contributed by atoms with E-state index in [0.717, 1.165) is 25.2 Å². The molecule has 1 amide bonds. The fourth-order valence-corrected chi connectivity index (χ4v) is 2.18. The van der Waals surface area contributed by atoms with E-state index in [2.05, 4.69) is 17.2 Å². The second kappa shape index (κ2) is 8.35. The van der Waals surface area contributed by atoms with Crippen molar-refractivity contribution in [3.05, 3.63) is 30.1 Å². The minimum absolute atomic E-state index is 0. The fourth-order valence-electron chi connectivity index (χ4n) is 2.18. The summed E-state index contributed by atoms with van der Waals surface area (Å²) in [6.07, 6.45) is 3.50. The smallest absolute Gasteiger partial charge is 0.229 e. The summed E-state index contributed by atoms with van der Waals surface area (Å²) in [7, 11) is 0. The number of aromatic nitrogens is 1. The Morgan fingerprint density at radius 1 is 1.53 bits per heavy atom. The van der Waals surface area contributed by atoms with E-state index in [0.29, 0.717) is 6.04 Å². The molecule has 1 N–H and O–H groups in total. The van der Waals surface area contributed by atoms with E-state index in [1.165, 1.54) is 0 Å². The lowest BCUT2D eigenvalue weighted by molar-refractivity contribution is -0.133. The third-order valence-corrected chi connectivity index (χ3v) is 3.24. The highest BCUT2D eigenvalue weighted by Crippen LogP contribution is 2.17. The van der Waals surface area contributed by atoms with Gasteiger partial charge >= 0.3 is 0 Å². The summed E-state index contributed by atoms with van der Waals surface area (Å²) >= 11 is 0. The van der Waals surface area contributed by atoms with Gasteiger partial charge in [-0.15, -0.1) is 24.8 Å². The van der Waals surface area contributed by atoms with Crippen molar-refractivity contribution in [1.29, 1.82) is 0 Å². The number of hydrogen-bond acceptors (Lipinski definition) is 3. The maximum absolute atomic E-state index is 12.3. The van der Waals surface area contributed by atoms with Crippen LogP contribution in [0.5, 0.6) is 0 Å². The van der Waals surface area contributed by atoms with E-state index < -0.39 is 0 Å². The first-order valence-corrected chi connectivity index (χ1v) is 6.10. The van der Waals surface area contributed by atoms with Gasteiger partial charge in [-0.2, -0.15) is 0 Å².